The molecule has 0 unspecified atom stereocenters. The molecule has 5 nitrogen and oxygen atoms in total. The van der Waals surface area contributed by atoms with Gasteiger partial charge < -0.3 is 10.2 Å². The van der Waals surface area contributed by atoms with Crippen molar-refractivity contribution in [3.05, 3.63) is 76.2 Å². The van der Waals surface area contributed by atoms with Gasteiger partial charge in [0.15, 0.2) is 0 Å². The minimum atomic E-state index is -0.370. The molecule has 1 aliphatic rings. The number of hydrogen-bond donors (Lipinski definition) is 1. The van der Waals surface area contributed by atoms with Gasteiger partial charge in [-0.2, -0.15) is 0 Å². The number of nitrogens with one attached hydrogen (secondary N) is 1. The highest BCUT2D eigenvalue weighted by molar-refractivity contribution is 6.35. The maximum atomic E-state index is 12.6. The normalized spacial score (nSPS) is 12.8. The van der Waals surface area contributed by atoms with Gasteiger partial charge in [-0.25, -0.2) is 9.97 Å². The van der Waals surface area contributed by atoms with Gasteiger partial charge in [0.2, 0.25) is 0 Å². The molecule has 4 rings (SSSR count). The van der Waals surface area contributed by atoms with E-state index in [4.69, 9.17) is 23.2 Å². The highest BCUT2D eigenvalue weighted by Crippen LogP contribution is 2.33. The van der Waals surface area contributed by atoms with Crippen LogP contribution in [0.4, 0.5) is 17.2 Å². The van der Waals surface area contributed by atoms with E-state index in [9.17, 15) is 4.79 Å². The smallest absolute Gasteiger partial charge is 0.274 e. The molecule has 2 aromatic carbocycles. The second kappa shape index (κ2) is 6.94. The van der Waals surface area contributed by atoms with Gasteiger partial charge in [-0.15, -0.1) is 0 Å². The van der Waals surface area contributed by atoms with E-state index in [1.54, 1.807) is 24.3 Å². The fourth-order valence-corrected chi connectivity index (χ4v) is 3.31. The molecule has 1 aliphatic heterocycles. The minimum Gasteiger partial charge on any atom is -0.326 e. The number of carbonyl (C=O) groups excluding carboxylic acids is 1. The maximum Gasteiger partial charge on any atom is 0.274 e. The van der Waals surface area contributed by atoms with Crippen LogP contribution in [0.15, 0.2) is 54.9 Å². The van der Waals surface area contributed by atoms with Gasteiger partial charge in [0, 0.05) is 23.3 Å². The lowest BCUT2D eigenvalue weighted by molar-refractivity contribution is 0.102. The Morgan fingerprint density at radius 3 is 2.81 bits per heavy atom. The molecule has 0 saturated heterocycles. The Labute approximate surface area is 160 Å². The Morgan fingerprint density at radius 2 is 1.92 bits per heavy atom. The Bertz CT molecular complexity index is 993. The summed E-state index contributed by atoms with van der Waals surface area (Å²) in [6.45, 7) is 0.817. The summed E-state index contributed by atoms with van der Waals surface area (Å²) >= 11 is 12.1. The van der Waals surface area contributed by atoms with E-state index in [-0.39, 0.29) is 11.6 Å². The number of aromatic nitrogens is 2. The van der Waals surface area contributed by atoms with Gasteiger partial charge in [0.25, 0.3) is 5.91 Å². The number of halogens is 2. The van der Waals surface area contributed by atoms with Crippen LogP contribution in [0.1, 0.15) is 16.1 Å². The van der Waals surface area contributed by atoms with E-state index in [1.165, 1.54) is 11.9 Å². The van der Waals surface area contributed by atoms with Gasteiger partial charge in [-0.05, 0) is 36.2 Å². The quantitative estimate of drug-likeness (QED) is 0.708. The van der Waals surface area contributed by atoms with Gasteiger partial charge in [-0.3, -0.25) is 4.79 Å². The van der Waals surface area contributed by atoms with Crippen molar-refractivity contribution in [3.63, 3.8) is 0 Å². The summed E-state index contributed by atoms with van der Waals surface area (Å²) < 4.78 is 0. The van der Waals surface area contributed by atoms with Crippen molar-refractivity contribution in [2.24, 2.45) is 0 Å². The van der Waals surface area contributed by atoms with Crippen molar-refractivity contribution in [2.75, 3.05) is 16.8 Å². The molecule has 0 fully saturated rings. The van der Waals surface area contributed by atoms with E-state index >= 15 is 0 Å². The zero-order chi connectivity index (χ0) is 18.1. The fraction of sp³-hybridized carbons (Fsp3) is 0.105. The number of para-hydroxylation sites is 1. The predicted octanol–water partition coefficient (Wildman–Crippen LogP) is 4.73. The molecule has 3 aromatic rings. The van der Waals surface area contributed by atoms with Gasteiger partial charge in [0.1, 0.15) is 17.8 Å². The summed E-state index contributed by atoms with van der Waals surface area (Å²) in [4.78, 5) is 23.1. The lowest BCUT2D eigenvalue weighted by atomic mass is 10.2. The summed E-state index contributed by atoms with van der Waals surface area (Å²) in [7, 11) is 0. The molecule has 26 heavy (non-hydrogen) atoms. The largest absolute Gasteiger partial charge is 0.326 e. The summed E-state index contributed by atoms with van der Waals surface area (Å²) in [6, 6.07) is 14.7. The zero-order valence-corrected chi connectivity index (χ0v) is 15.1. The molecule has 130 valence electrons. The number of rotatable bonds is 3. The molecule has 0 saturated carbocycles. The molecule has 1 amide bonds. The van der Waals surface area contributed by atoms with E-state index < -0.39 is 0 Å². The average molecular weight is 385 g/mol. The third-order valence-electron chi connectivity index (χ3n) is 4.23. The molecule has 1 N–H and O–H groups in total. The van der Waals surface area contributed by atoms with Gasteiger partial charge >= 0.3 is 0 Å². The summed E-state index contributed by atoms with van der Waals surface area (Å²) in [5, 5.41) is 3.64. The number of amides is 1. The van der Waals surface area contributed by atoms with E-state index in [1.807, 2.05) is 12.1 Å². The number of hydrogen-bond acceptors (Lipinski definition) is 4. The highest BCUT2D eigenvalue weighted by atomic mass is 35.5. The predicted molar refractivity (Wildman–Crippen MR) is 104 cm³/mol. The molecular weight excluding hydrogens is 371 g/mol. The molecular formula is C19H14Cl2N4O. The van der Waals surface area contributed by atoms with Crippen molar-refractivity contribution in [3.8, 4) is 0 Å². The first-order chi connectivity index (χ1) is 12.6. The SMILES string of the molecule is O=C(Nc1cc(Cl)ccc1Cl)c1cc(N2CCc3ccccc32)ncn1. The van der Waals surface area contributed by atoms with Crippen molar-refractivity contribution >= 4 is 46.3 Å². The van der Waals surface area contributed by atoms with E-state index in [2.05, 4.69) is 32.3 Å². The molecule has 0 atom stereocenters. The van der Waals surface area contributed by atoms with Crippen LogP contribution in [0.2, 0.25) is 10.0 Å². The maximum absolute atomic E-state index is 12.6. The number of benzene rings is 2. The van der Waals surface area contributed by atoms with Crippen molar-refractivity contribution in [1.29, 1.82) is 0 Å². The number of anilines is 3. The monoisotopic (exact) mass is 384 g/mol. The van der Waals surface area contributed by atoms with E-state index in [0.29, 0.717) is 21.6 Å². The fourth-order valence-electron chi connectivity index (χ4n) is 2.97. The summed E-state index contributed by atoms with van der Waals surface area (Å²) in [5.74, 6) is 0.317. The second-order valence-corrected chi connectivity index (χ2v) is 6.71. The molecule has 0 spiro atoms. The third kappa shape index (κ3) is 3.23. The van der Waals surface area contributed by atoms with Crippen LogP contribution < -0.4 is 10.2 Å². The highest BCUT2D eigenvalue weighted by Gasteiger charge is 2.22. The second-order valence-electron chi connectivity index (χ2n) is 5.87. The first-order valence-corrected chi connectivity index (χ1v) is 8.81. The third-order valence-corrected chi connectivity index (χ3v) is 4.79. The van der Waals surface area contributed by atoms with Crippen molar-refractivity contribution in [1.82, 2.24) is 9.97 Å². The summed E-state index contributed by atoms with van der Waals surface area (Å²) in [6.07, 6.45) is 2.34. The van der Waals surface area contributed by atoms with Crippen molar-refractivity contribution < 1.29 is 4.79 Å². The first kappa shape index (κ1) is 16.8. The van der Waals surface area contributed by atoms with Crippen molar-refractivity contribution in [2.45, 2.75) is 6.42 Å². The number of carbonyl (C=O) groups is 1. The molecule has 7 heteroatoms. The molecule has 1 aromatic heterocycles. The average Bonchev–Trinajstić information content (AvgIpc) is 3.09. The van der Waals surface area contributed by atoms with Crippen LogP contribution in [-0.2, 0) is 6.42 Å². The minimum absolute atomic E-state index is 0.260. The molecule has 0 aliphatic carbocycles. The number of nitrogens with zero attached hydrogens (tertiary/aromatic N) is 3. The lowest BCUT2D eigenvalue weighted by Gasteiger charge is -2.18. The van der Waals surface area contributed by atoms with Crippen LogP contribution in [0.3, 0.4) is 0 Å². The Balaban J connectivity index is 1.60. The zero-order valence-electron chi connectivity index (χ0n) is 13.6. The standard InChI is InChI=1S/C19H14Cl2N4O/c20-13-5-6-14(21)15(9-13)24-19(26)16-10-18(23-11-22-16)25-8-7-12-3-1-2-4-17(12)25/h1-6,9-11H,7-8H2,(H,24,26). The Hall–Kier alpha value is -2.63. The topological polar surface area (TPSA) is 58.1 Å². The first-order valence-electron chi connectivity index (χ1n) is 8.06. The number of fused-ring (bicyclic) bond motifs is 1. The Morgan fingerprint density at radius 1 is 1.08 bits per heavy atom. The molecule has 2 heterocycles. The van der Waals surface area contributed by atoms with Gasteiger partial charge in [0.05, 0.1) is 10.7 Å². The lowest BCUT2D eigenvalue weighted by Crippen LogP contribution is -2.18. The van der Waals surface area contributed by atoms with Crippen LogP contribution in [0.25, 0.3) is 0 Å². The van der Waals surface area contributed by atoms with Gasteiger partial charge in [-0.1, -0.05) is 41.4 Å². The van der Waals surface area contributed by atoms with Crippen LogP contribution >= 0.6 is 23.2 Å². The summed E-state index contributed by atoms with van der Waals surface area (Å²) in [5.41, 5.74) is 3.07. The molecule has 0 radical (unpaired) electrons. The van der Waals surface area contributed by atoms with E-state index in [0.717, 1.165) is 18.7 Å². The molecule has 0 bridgehead atoms. The Kier molecular flexibility index (Phi) is 4.49. The van der Waals surface area contributed by atoms with Crippen LogP contribution in [0, 0.1) is 0 Å². The van der Waals surface area contributed by atoms with Crippen LogP contribution in [-0.4, -0.2) is 22.4 Å². The van der Waals surface area contributed by atoms with Crippen LogP contribution in [0.5, 0.6) is 0 Å².